The molecule has 0 saturated heterocycles. The molecule has 0 saturated carbocycles. The molecule has 1 atom stereocenters. The maximum Gasteiger partial charge on any atom is 0.119 e. The number of phenolic OH excluding ortho intramolecular Hbond substituents is 1. The van der Waals surface area contributed by atoms with Gasteiger partial charge >= 0.3 is 0 Å². The highest BCUT2D eigenvalue weighted by Gasteiger charge is 2.17. The molecule has 64 valence electrons. The van der Waals surface area contributed by atoms with Crippen LogP contribution in [0.2, 0.25) is 0 Å². The Bertz CT molecular complexity index is 296. The summed E-state index contributed by atoms with van der Waals surface area (Å²) in [5.74, 6) is 0.465. The number of phenols is 1. The molecular weight excluding hydrogens is 216 g/mol. The van der Waals surface area contributed by atoms with Crippen LogP contribution in [0.15, 0.2) is 18.2 Å². The second kappa shape index (κ2) is 3.09. The lowest BCUT2D eigenvalue weighted by atomic mass is 9.91. The quantitative estimate of drug-likeness (QED) is 0.675. The van der Waals surface area contributed by atoms with Gasteiger partial charge in [0.25, 0.3) is 0 Å². The second-order valence-electron chi connectivity index (χ2n) is 3.25. The predicted octanol–water partition coefficient (Wildman–Crippen LogP) is 2.64. The van der Waals surface area contributed by atoms with Crippen LogP contribution in [0.1, 0.15) is 17.5 Å². The zero-order chi connectivity index (χ0) is 8.55. The molecule has 1 aliphatic rings. The van der Waals surface area contributed by atoms with E-state index in [0.29, 0.717) is 10.6 Å². The Balaban J connectivity index is 2.42. The molecule has 0 spiro atoms. The summed E-state index contributed by atoms with van der Waals surface area (Å²) in [6.07, 6.45) is 3.17. The van der Waals surface area contributed by atoms with E-state index in [1.54, 1.807) is 6.07 Å². The minimum Gasteiger partial charge on any atom is -0.508 e. The second-order valence-corrected chi connectivity index (χ2v) is 4.55. The first kappa shape index (κ1) is 8.11. The maximum atomic E-state index is 9.53. The molecule has 0 amide bonds. The molecule has 1 N–H and O–H groups in total. The van der Waals surface area contributed by atoms with Crippen LogP contribution in [0.4, 0.5) is 0 Å². The van der Waals surface area contributed by atoms with Crippen molar-refractivity contribution in [3.63, 3.8) is 0 Å². The Kier molecular flexibility index (Phi) is 2.09. The molecule has 1 aromatic carbocycles. The Labute approximate surface area is 80.5 Å². The highest BCUT2D eigenvalue weighted by molar-refractivity contribution is 9.09. The van der Waals surface area contributed by atoms with Crippen LogP contribution in [0.3, 0.4) is 0 Å². The fraction of sp³-hybridized carbons (Fsp3) is 0.400. The van der Waals surface area contributed by atoms with Crippen molar-refractivity contribution >= 4 is 15.9 Å². The average Bonchev–Trinajstić information content (AvgIpc) is 2.04. The number of hydrogen-bond donors (Lipinski definition) is 1. The van der Waals surface area contributed by atoms with Gasteiger partial charge in [0.2, 0.25) is 0 Å². The molecule has 0 heterocycles. The topological polar surface area (TPSA) is 20.2 Å². The number of aromatic hydroxyl groups is 1. The lowest BCUT2D eigenvalue weighted by Crippen LogP contribution is -2.13. The van der Waals surface area contributed by atoms with Crippen molar-refractivity contribution < 1.29 is 5.11 Å². The molecule has 0 fully saturated rings. The zero-order valence-electron chi connectivity index (χ0n) is 6.76. The summed E-state index contributed by atoms with van der Waals surface area (Å²) in [5, 5.41) is 9.53. The van der Waals surface area contributed by atoms with Gasteiger partial charge < -0.3 is 5.11 Å². The summed E-state index contributed by atoms with van der Waals surface area (Å²) in [6, 6.07) is 5.79. The number of halogens is 1. The Morgan fingerprint density at radius 2 is 2.25 bits per heavy atom. The Morgan fingerprint density at radius 3 is 3.08 bits per heavy atom. The highest BCUT2D eigenvalue weighted by Crippen LogP contribution is 2.30. The molecule has 1 nitrogen and oxygen atoms in total. The van der Waals surface area contributed by atoms with Crippen LogP contribution >= 0.6 is 15.9 Å². The van der Waals surface area contributed by atoms with Crippen LogP contribution in [-0.4, -0.2) is 9.93 Å². The number of alkyl halides is 1. The fourth-order valence-electron chi connectivity index (χ4n) is 1.74. The van der Waals surface area contributed by atoms with Gasteiger partial charge in [0, 0.05) is 4.83 Å². The molecule has 0 bridgehead atoms. The van der Waals surface area contributed by atoms with Crippen LogP contribution in [-0.2, 0) is 12.8 Å². The third kappa shape index (κ3) is 1.36. The third-order valence-electron chi connectivity index (χ3n) is 2.40. The van der Waals surface area contributed by atoms with Gasteiger partial charge in [-0.05, 0) is 36.5 Å². The van der Waals surface area contributed by atoms with Crippen LogP contribution < -0.4 is 0 Å². The van der Waals surface area contributed by atoms with Crippen molar-refractivity contribution in [1.29, 1.82) is 0 Å². The van der Waals surface area contributed by atoms with Crippen molar-refractivity contribution in [2.75, 3.05) is 0 Å². The van der Waals surface area contributed by atoms with E-state index in [4.69, 9.17) is 0 Å². The molecule has 0 radical (unpaired) electrons. The van der Waals surface area contributed by atoms with E-state index in [-0.39, 0.29) is 0 Å². The van der Waals surface area contributed by atoms with Crippen LogP contribution in [0.25, 0.3) is 0 Å². The van der Waals surface area contributed by atoms with Gasteiger partial charge in [0.1, 0.15) is 5.75 Å². The molecule has 2 heteroatoms. The van der Waals surface area contributed by atoms with Crippen molar-refractivity contribution in [3.8, 4) is 5.75 Å². The van der Waals surface area contributed by atoms with Crippen molar-refractivity contribution in [1.82, 2.24) is 0 Å². The van der Waals surface area contributed by atoms with Crippen LogP contribution in [0, 0.1) is 0 Å². The SMILES string of the molecule is Oc1cccc2c1CCC(Br)C2. The number of benzene rings is 1. The molecule has 0 aromatic heterocycles. The first-order valence-electron chi connectivity index (χ1n) is 4.21. The van der Waals surface area contributed by atoms with E-state index in [0.717, 1.165) is 24.8 Å². The summed E-state index contributed by atoms with van der Waals surface area (Å²) < 4.78 is 0. The summed E-state index contributed by atoms with van der Waals surface area (Å²) in [4.78, 5) is 0.590. The van der Waals surface area contributed by atoms with E-state index >= 15 is 0 Å². The fourth-order valence-corrected chi connectivity index (χ4v) is 2.32. The zero-order valence-corrected chi connectivity index (χ0v) is 8.34. The smallest absolute Gasteiger partial charge is 0.119 e. The van der Waals surface area contributed by atoms with E-state index in [1.807, 2.05) is 6.07 Å². The summed E-state index contributed by atoms with van der Waals surface area (Å²) >= 11 is 3.60. The van der Waals surface area contributed by atoms with Gasteiger partial charge in [0.05, 0.1) is 0 Å². The third-order valence-corrected chi connectivity index (χ3v) is 3.18. The van der Waals surface area contributed by atoms with E-state index < -0.39 is 0 Å². The lowest BCUT2D eigenvalue weighted by molar-refractivity contribution is 0.463. The average molecular weight is 227 g/mol. The molecule has 12 heavy (non-hydrogen) atoms. The summed E-state index contributed by atoms with van der Waals surface area (Å²) in [6.45, 7) is 0. The number of rotatable bonds is 0. The normalized spacial score (nSPS) is 21.9. The summed E-state index contributed by atoms with van der Waals surface area (Å²) in [7, 11) is 0. The van der Waals surface area contributed by atoms with Gasteiger partial charge in [-0.15, -0.1) is 0 Å². The molecule has 1 unspecified atom stereocenters. The van der Waals surface area contributed by atoms with E-state index in [9.17, 15) is 5.11 Å². The van der Waals surface area contributed by atoms with Gasteiger partial charge in [-0.25, -0.2) is 0 Å². The number of hydrogen-bond acceptors (Lipinski definition) is 1. The first-order chi connectivity index (χ1) is 5.77. The molecule has 1 aromatic rings. The summed E-state index contributed by atoms with van der Waals surface area (Å²) in [5.41, 5.74) is 2.44. The minimum atomic E-state index is 0.465. The first-order valence-corrected chi connectivity index (χ1v) is 5.13. The number of fused-ring (bicyclic) bond motifs is 1. The molecular formula is C10H11BrO. The van der Waals surface area contributed by atoms with E-state index in [2.05, 4.69) is 22.0 Å². The standard InChI is InChI=1S/C10H11BrO/c11-8-4-5-9-7(6-8)2-1-3-10(9)12/h1-3,8,12H,4-6H2. The van der Waals surface area contributed by atoms with Crippen molar-refractivity contribution in [3.05, 3.63) is 29.3 Å². The Hall–Kier alpha value is -0.500. The Morgan fingerprint density at radius 1 is 1.42 bits per heavy atom. The lowest BCUT2D eigenvalue weighted by Gasteiger charge is -2.20. The van der Waals surface area contributed by atoms with Gasteiger partial charge in [-0.1, -0.05) is 28.1 Å². The van der Waals surface area contributed by atoms with Gasteiger partial charge in [-0.2, -0.15) is 0 Å². The van der Waals surface area contributed by atoms with E-state index in [1.165, 1.54) is 5.56 Å². The van der Waals surface area contributed by atoms with Crippen LogP contribution in [0.5, 0.6) is 5.75 Å². The van der Waals surface area contributed by atoms with Crippen molar-refractivity contribution in [2.24, 2.45) is 0 Å². The molecule has 1 aliphatic carbocycles. The molecule has 0 aliphatic heterocycles. The monoisotopic (exact) mass is 226 g/mol. The maximum absolute atomic E-state index is 9.53. The predicted molar refractivity (Wildman–Crippen MR) is 52.8 cm³/mol. The van der Waals surface area contributed by atoms with Gasteiger partial charge in [-0.3, -0.25) is 0 Å². The van der Waals surface area contributed by atoms with Crippen molar-refractivity contribution in [2.45, 2.75) is 24.1 Å². The molecule has 2 rings (SSSR count). The van der Waals surface area contributed by atoms with Gasteiger partial charge in [0.15, 0.2) is 0 Å². The largest absolute Gasteiger partial charge is 0.508 e. The highest BCUT2D eigenvalue weighted by atomic mass is 79.9. The minimum absolute atomic E-state index is 0.465.